The fourth-order valence-electron chi connectivity index (χ4n) is 1.45. The van der Waals surface area contributed by atoms with Gasteiger partial charge in [0.2, 0.25) is 0 Å². The first-order valence-electron chi connectivity index (χ1n) is 5.14. The van der Waals surface area contributed by atoms with Crippen molar-refractivity contribution in [1.29, 1.82) is 0 Å². The van der Waals surface area contributed by atoms with Gasteiger partial charge in [0, 0.05) is 17.0 Å². The quantitative estimate of drug-likeness (QED) is 0.794. The molecule has 0 spiro atoms. The van der Waals surface area contributed by atoms with Crippen LogP contribution in [0.1, 0.15) is 0 Å². The highest BCUT2D eigenvalue weighted by atomic mass is 35.5. The molecular formula is C11H13Cl2N3O2. The van der Waals surface area contributed by atoms with E-state index in [1.54, 1.807) is 12.1 Å². The molecule has 1 atom stereocenters. The molecule has 0 saturated heterocycles. The maximum absolute atomic E-state index is 9.26. The van der Waals surface area contributed by atoms with E-state index in [4.69, 9.17) is 16.7 Å². The van der Waals surface area contributed by atoms with Crippen LogP contribution in [-0.2, 0) is 0 Å². The van der Waals surface area contributed by atoms with Gasteiger partial charge < -0.3 is 15.5 Å². The number of benzene rings is 1. The van der Waals surface area contributed by atoms with Gasteiger partial charge in [0.1, 0.15) is 12.1 Å². The Kier molecular flexibility index (Phi) is 5.55. The third kappa shape index (κ3) is 3.43. The average Bonchev–Trinajstić information content (AvgIpc) is 2.35. The third-order valence-electron chi connectivity index (χ3n) is 2.31. The monoisotopic (exact) mass is 289 g/mol. The molecule has 0 radical (unpaired) electrons. The largest absolute Gasteiger partial charge is 0.394 e. The van der Waals surface area contributed by atoms with Crippen molar-refractivity contribution in [3.05, 3.63) is 29.5 Å². The molecular weight excluding hydrogens is 277 g/mol. The van der Waals surface area contributed by atoms with Gasteiger partial charge in [0.05, 0.1) is 18.2 Å². The van der Waals surface area contributed by atoms with Crippen molar-refractivity contribution in [2.45, 2.75) is 6.10 Å². The van der Waals surface area contributed by atoms with Crippen molar-refractivity contribution in [2.75, 3.05) is 18.5 Å². The molecule has 1 heterocycles. The molecule has 0 aliphatic rings. The Morgan fingerprint density at radius 2 is 2.11 bits per heavy atom. The molecule has 1 aromatic heterocycles. The van der Waals surface area contributed by atoms with Crippen molar-refractivity contribution >= 4 is 40.7 Å². The van der Waals surface area contributed by atoms with Gasteiger partial charge >= 0.3 is 0 Å². The van der Waals surface area contributed by atoms with Gasteiger partial charge in [-0.25, -0.2) is 9.97 Å². The van der Waals surface area contributed by atoms with E-state index < -0.39 is 6.10 Å². The maximum Gasteiger partial charge on any atom is 0.137 e. The molecule has 3 N–H and O–H groups in total. The Labute approximate surface area is 115 Å². The van der Waals surface area contributed by atoms with Crippen LogP contribution in [0.25, 0.3) is 10.9 Å². The fraction of sp³-hybridized carbons (Fsp3) is 0.273. The van der Waals surface area contributed by atoms with Crippen molar-refractivity contribution in [3.63, 3.8) is 0 Å². The molecule has 1 unspecified atom stereocenters. The number of aliphatic hydroxyl groups is 2. The Bertz CT molecular complexity index is 525. The van der Waals surface area contributed by atoms with E-state index in [1.165, 1.54) is 6.33 Å². The van der Waals surface area contributed by atoms with E-state index in [9.17, 15) is 5.11 Å². The van der Waals surface area contributed by atoms with Gasteiger partial charge in [0.25, 0.3) is 0 Å². The van der Waals surface area contributed by atoms with Crippen LogP contribution in [-0.4, -0.2) is 39.4 Å². The summed E-state index contributed by atoms with van der Waals surface area (Å²) in [7, 11) is 0. The van der Waals surface area contributed by atoms with E-state index >= 15 is 0 Å². The highest BCUT2D eigenvalue weighted by Gasteiger charge is 2.06. The molecule has 0 aliphatic carbocycles. The van der Waals surface area contributed by atoms with Crippen LogP contribution in [0.15, 0.2) is 24.5 Å². The van der Waals surface area contributed by atoms with E-state index in [0.717, 1.165) is 10.9 Å². The lowest BCUT2D eigenvalue weighted by Crippen LogP contribution is -2.23. The molecule has 98 valence electrons. The van der Waals surface area contributed by atoms with Crippen LogP contribution in [0.2, 0.25) is 5.02 Å². The number of rotatable bonds is 4. The van der Waals surface area contributed by atoms with E-state index in [2.05, 4.69) is 15.3 Å². The van der Waals surface area contributed by atoms with E-state index in [0.29, 0.717) is 10.8 Å². The summed E-state index contributed by atoms with van der Waals surface area (Å²) in [6.07, 6.45) is 0.610. The van der Waals surface area contributed by atoms with Crippen LogP contribution < -0.4 is 5.32 Å². The number of nitrogens with one attached hydrogen (secondary N) is 1. The first kappa shape index (κ1) is 14.9. The molecule has 5 nitrogen and oxygen atoms in total. The Morgan fingerprint density at radius 1 is 1.33 bits per heavy atom. The lowest BCUT2D eigenvalue weighted by molar-refractivity contribution is 0.105. The smallest absolute Gasteiger partial charge is 0.137 e. The summed E-state index contributed by atoms with van der Waals surface area (Å²) in [6, 6.07) is 5.30. The summed E-state index contributed by atoms with van der Waals surface area (Å²) in [4.78, 5) is 8.19. The van der Waals surface area contributed by atoms with Gasteiger partial charge in [-0.1, -0.05) is 11.6 Å². The summed E-state index contributed by atoms with van der Waals surface area (Å²) in [5.74, 6) is 0.610. The molecule has 2 rings (SSSR count). The number of hydrogen-bond donors (Lipinski definition) is 3. The van der Waals surface area contributed by atoms with E-state index in [1.807, 2.05) is 6.07 Å². The maximum atomic E-state index is 9.26. The van der Waals surface area contributed by atoms with Crippen molar-refractivity contribution in [2.24, 2.45) is 0 Å². The first-order chi connectivity index (χ1) is 8.20. The highest BCUT2D eigenvalue weighted by molar-refractivity contribution is 6.31. The highest BCUT2D eigenvalue weighted by Crippen LogP contribution is 2.22. The second-order valence-corrected chi connectivity index (χ2v) is 4.04. The third-order valence-corrected chi connectivity index (χ3v) is 2.55. The molecule has 0 aliphatic heterocycles. The predicted octanol–water partition coefficient (Wildman–Crippen LogP) is 1.47. The lowest BCUT2D eigenvalue weighted by Gasteiger charge is -2.11. The lowest BCUT2D eigenvalue weighted by atomic mass is 10.2. The minimum absolute atomic E-state index is 0. The zero-order valence-electron chi connectivity index (χ0n) is 9.38. The Hall–Kier alpha value is -1.14. The zero-order valence-corrected chi connectivity index (χ0v) is 10.9. The van der Waals surface area contributed by atoms with Crippen LogP contribution in [0.5, 0.6) is 0 Å². The molecule has 18 heavy (non-hydrogen) atoms. The minimum Gasteiger partial charge on any atom is -0.394 e. The summed E-state index contributed by atoms with van der Waals surface area (Å²) < 4.78 is 0. The fourth-order valence-corrected chi connectivity index (χ4v) is 1.62. The number of nitrogens with zero attached hydrogens (tertiary/aromatic N) is 2. The standard InChI is InChI=1S/C11H12ClN3O2.ClH/c12-7-1-2-9-10(3-7)14-6-15-11(9)13-4-8(17)5-16;/h1-3,6,8,16-17H,4-5H2,(H,13,14,15);1H. The number of anilines is 1. The first-order valence-corrected chi connectivity index (χ1v) is 5.51. The van der Waals surface area contributed by atoms with E-state index in [-0.39, 0.29) is 25.6 Å². The summed E-state index contributed by atoms with van der Waals surface area (Å²) in [5.41, 5.74) is 0.730. The number of hydrogen-bond acceptors (Lipinski definition) is 5. The Morgan fingerprint density at radius 3 is 2.83 bits per heavy atom. The van der Waals surface area contributed by atoms with Crippen molar-refractivity contribution in [3.8, 4) is 0 Å². The van der Waals surface area contributed by atoms with Gasteiger partial charge in [-0.3, -0.25) is 0 Å². The van der Waals surface area contributed by atoms with Crippen LogP contribution in [0.4, 0.5) is 5.82 Å². The second kappa shape index (κ2) is 6.70. The molecule has 1 aromatic carbocycles. The molecule has 0 bridgehead atoms. The zero-order chi connectivity index (χ0) is 12.3. The van der Waals surface area contributed by atoms with Crippen molar-refractivity contribution < 1.29 is 10.2 Å². The normalized spacial score (nSPS) is 11.9. The number of halogens is 2. The summed E-state index contributed by atoms with van der Waals surface area (Å²) in [6.45, 7) is -0.0624. The van der Waals surface area contributed by atoms with Gasteiger partial charge in [-0.05, 0) is 18.2 Å². The summed E-state index contributed by atoms with van der Waals surface area (Å²) in [5, 5.41) is 22.4. The average molecular weight is 290 g/mol. The van der Waals surface area contributed by atoms with Crippen LogP contribution in [0.3, 0.4) is 0 Å². The van der Waals surface area contributed by atoms with Crippen LogP contribution >= 0.6 is 24.0 Å². The van der Waals surface area contributed by atoms with Crippen molar-refractivity contribution in [1.82, 2.24) is 9.97 Å². The molecule has 2 aromatic rings. The van der Waals surface area contributed by atoms with Gasteiger partial charge in [0.15, 0.2) is 0 Å². The molecule has 0 fully saturated rings. The topological polar surface area (TPSA) is 78.3 Å². The summed E-state index contributed by atoms with van der Waals surface area (Å²) >= 11 is 5.87. The predicted molar refractivity (Wildman–Crippen MR) is 73.4 cm³/mol. The van der Waals surface area contributed by atoms with Gasteiger partial charge in [-0.2, -0.15) is 0 Å². The SMILES string of the molecule is Cl.OCC(O)CNc1ncnc2cc(Cl)ccc12. The number of aromatic nitrogens is 2. The second-order valence-electron chi connectivity index (χ2n) is 3.60. The Balaban J connectivity index is 0.00000162. The van der Waals surface area contributed by atoms with Crippen LogP contribution in [0, 0.1) is 0 Å². The molecule has 0 amide bonds. The van der Waals surface area contributed by atoms with Gasteiger partial charge in [-0.15, -0.1) is 12.4 Å². The number of aliphatic hydroxyl groups excluding tert-OH is 2. The molecule has 0 saturated carbocycles. The number of fused-ring (bicyclic) bond motifs is 1. The molecule has 7 heteroatoms. The minimum atomic E-state index is -0.813.